The fourth-order valence-corrected chi connectivity index (χ4v) is 1.49. The maximum atomic E-state index is 11.0. The first-order valence-electron chi connectivity index (χ1n) is 3.98. The third kappa shape index (κ3) is 2.97. The van der Waals surface area contributed by atoms with Crippen LogP contribution in [0.3, 0.4) is 0 Å². The van der Waals surface area contributed by atoms with Crippen LogP contribution in [0.25, 0.3) is 0 Å². The van der Waals surface area contributed by atoms with Crippen molar-refractivity contribution >= 4 is 18.3 Å². The number of nitrogens with two attached hydrogens (primary N) is 1. The molecule has 12 heavy (non-hydrogen) atoms. The first-order valence-corrected chi connectivity index (χ1v) is 3.98. The Morgan fingerprint density at radius 1 is 1.67 bits per heavy atom. The second-order valence-electron chi connectivity index (χ2n) is 3.09. The predicted molar refractivity (Wildman–Crippen MR) is 49.8 cm³/mol. The molecule has 1 aliphatic heterocycles. The summed E-state index contributed by atoms with van der Waals surface area (Å²) in [6, 6.07) is 0.436. The third-order valence-corrected chi connectivity index (χ3v) is 2.14. The van der Waals surface area contributed by atoms with Gasteiger partial charge >= 0.3 is 0 Å². The minimum atomic E-state index is -0.0293. The number of hydrazine groups is 1. The fourth-order valence-electron chi connectivity index (χ4n) is 1.49. The smallest absolute Gasteiger partial charge is 0.237 e. The quantitative estimate of drug-likeness (QED) is 0.307. The lowest BCUT2D eigenvalue weighted by atomic mass is 9.93. The second-order valence-corrected chi connectivity index (χ2v) is 3.09. The van der Waals surface area contributed by atoms with Gasteiger partial charge in [0.15, 0.2) is 0 Å². The first-order chi connectivity index (χ1) is 5.24. The van der Waals surface area contributed by atoms with Gasteiger partial charge in [0.1, 0.15) is 0 Å². The Labute approximate surface area is 78.6 Å². The van der Waals surface area contributed by atoms with Crippen LogP contribution in [0.2, 0.25) is 0 Å². The number of carbonyl (C=O) groups excluding carboxylic acids is 1. The minimum absolute atomic E-state index is 0. The summed E-state index contributed by atoms with van der Waals surface area (Å²) in [5.74, 6) is 5.11. The lowest BCUT2D eigenvalue weighted by Gasteiger charge is -2.26. The van der Waals surface area contributed by atoms with Gasteiger partial charge in [-0.25, -0.2) is 5.84 Å². The van der Waals surface area contributed by atoms with E-state index >= 15 is 0 Å². The van der Waals surface area contributed by atoms with Gasteiger partial charge in [0.05, 0.1) is 0 Å². The van der Waals surface area contributed by atoms with Gasteiger partial charge in [0.25, 0.3) is 0 Å². The van der Waals surface area contributed by atoms with Gasteiger partial charge in [-0.15, -0.1) is 12.4 Å². The Balaban J connectivity index is 0.00000121. The van der Waals surface area contributed by atoms with Gasteiger partial charge < -0.3 is 5.32 Å². The number of rotatable bonds is 1. The molecule has 0 spiro atoms. The molecule has 1 aliphatic rings. The monoisotopic (exact) mass is 193 g/mol. The number of hydrogen-bond donors (Lipinski definition) is 3. The molecule has 1 fully saturated rings. The molecule has 2 atom stereocenters. The molecule has 1 heterocycles. The van der Waals surface area contributed by atoms with Crippen molar-refractivity contribution in [3.8, 4) is 0 Å². The van der Waals surface area contributed by atoms with Crippen LogP contribution in [-0.4, -0.2) is 18.5 Å². The summed E-state index contributed by atoms with van der Waals surface area (Å²) in [4.78, 5) is 11.0. The number of amides is 1. The van der Waals surface area contributed by atoms with Crippen molar-refractivity contribution in [3.63, 3.8) is 0 Å². The molecule has 0 aliphatic carbocycles. The number of carbonyl (C=O) groups is 1. The van der Waals surface area contributed by atoms with E-state index in [-0.39, 0.29) is 24.2 Å². The summed E-state index contributed by atoms with van der Waals surface area (Å²) in [6.45, 7) is 3.00. The average Bonchev–Trinajstić information content (AvgIpc) is 2.03. The lowest BCUT2D eigenvalue weighted by molar-refractivity contribution is -0.126. The van der Waals surface area contributed by atoms with E-state index in [1.165, 1.54) is 0 Å². The highest BCUT2D eigenvalue weighted by Crippen LogP contribution is 2.15. The predicted octanol–water partition coefficient (Wildman–Crippen LogP) is -0.214. The van der Waals surface area contributed by atoms with Crippen molar-refractivity contribution in [3.05, 3.63) is 0 Å². The van der Waals surface area contributed by atoms with Gasteiger partial charge in [-0.1, -0.05) is 0 Å². The van der Waals surface area contributed by atoms with Crippen LogP contribution in [0.5, 0.6) is 0 Å². The second kappa shape index (κ2) is 5.35. The Bertz CT molecular complexity index is 154. The molecular weight excluding hydrogens is 178 g/mol. The maximum Gasteiger partial charge on any atom is 0.237 e. The van der Waals surface area contributed by atoms with Crippen molar-refractivity contribution < 1.29 is 4.79 Å². The summed E-state index contributed by atoms with van der Waals surface area (Å²) in [5.41, 5.74) is 2.19. The van der Waals surface area contributed by atoms with Crippen LogP contribution in [0.15, 0.2) is 0 Å². The lowest BCUT2D eigenvalue weighted by Crippen LogP contribution is -2.44. The molecule has 5 heteroatoms. The number of hydrogen-bond acceptors (Lipinski definition) is 3. The molecule has 0 aromatic rings. The molecular formula is C7H16ClN3O. The van der Waals surface area contributed by atoms with Crippen LogP contribution < -0.4 is 16.6 Å². The molecule has 72 valence electrons. The molecule has 1 saturated heterocycles. The molecule has 0 aromatic heterocycles. The fraction of sp³-hybridized carbons (Fsp3) is 0.857. The van der Waals surface area contributed by atoms with E-state index < -0.39 is 0 Å². The summed E-state index contributed by atoms with van der Waals surface area (Å²) in [6.07, 6.45) is 1.79. The molecule has 1 rings (SSSR count). The normalized spacial score (nSPS) is 28.8. The van der Waals surface area contributed by atoms with Crippen molar-refractivity contribution in [1.82, 2.24) is 10.7 Å². The largest absolute Gasteiger partial charge is 0.314 e. The van der Waals surface area contributed by atoms with Gasteiger partial charge in [-0.05, 0) is 26.3 Å². The van der Waals surface area contributed by atoms with Crippen molar-refractivity contribution in [2.75, 3.05) is 6.54 Å². The Hall–Kier alpha value is -0.320. The van der Waals surface area contributed by atoms with E-state index in [0.717, 1.165) is 19.4 Å². The van der Waals surface area contributed by atoms with E-state index in [1.54, 1.807) is 0 Å². The molecule has 4 nitrogen and oxygen atoms in total. The van der Waals surface area contributed by atoms with Crippen molar-refractivity contribution in [2.45, 2.75) is 25.8 Å². The Morgan fingerprint density at radius 3 is 2.83 bits per heavy atom. The van der Waals surface area contributed by atoms with E-state index in [2.05, 4.69) is 17.7 Å². The van der Waals surface area contributed by atoms with E-state index in [1.807, 2.05) is 0 Å². The van der Waals surface area contributed by atoms with Gasteiger partial charge in [0.2, 0.25) is 5.91 Å². The van der Waals surface area contributed by atoms with Gasteiger partial charge in [-0.3, -0.25) is 10.2 Å². The van der Waals surface area contributed by atoms with Crippen molar-refractivity contribution in [1.29, 1.82) is 0 Å². The van der Waals surface area contributed by atoms with E-state index in [4.69, 9.17) is 5.84 Å². The maximum absolute atomic E-state index is 11.0. The van der Waals surface area contributed by atoms with E-state index in [0.29, 0.717) is 6.04 Å². The highest BCUT2D eigenvalue weighted by atomic mass is 35.5. The van der Waals surface area contributed by atoms with Crippen LogP contribution in [0, 0.1) is 5.92 Å². The van der Waals surface area contributed by atoms with Crippen LogP contribution >= 0.6 is 12.4 Å². The highest BCUT2D eigenvalue weighted by Gasteiger charge is 2.23. The number of piperidine rings is 1. The first kappa shape index (κ1) is 11.7. The molecule has 0 radical (unpaired) electrons. The SMILES string of the molecule is C[C@H]1C[C@@H](C(=O)NN)CCN1.Cl. The average molecular weight is 194 g/mol. The Morgan fingerprint density at radius 2 is 2.33 bits per heavy atom. The summed E-state index contributed by atoms with van der Waals surface area (Å²) in [7, 11) is 0. The zero-order valence-electron chi connectivity index (χ0n) is 7.17. The Kier molecular flexibility index (Phi) is 5.20. The molecule has 0 aromatic carbocycles. The topological polar surface area (TPSA) is 67.2 Å². The van der Waals surface area contributed by atoms with Crippen LogP contribution in [-0.2, 0) is 4.79 Å². The molecule has 0 bridgehead atoms. The number of halogens is 1. The zero-order chi connectivity index (χ0) is 8.27. The number of nitrogens with one attached hydrogen (secondary N) is 2. The zero-order valence-corrected chi connectivity index (χ0v) is 7.99. The van der Waals surface area contributed by atoms with Gasteiger partial charge in [-0.2, -0.15) is 0 Å². The molecule has 0 saturated carbocycles. The molecule has 1 amide bonds. The summed E-state index contributed by atoms with van der Waals surface area (Å²) in [5, 5.41) is 3.27. The standard InChI is InChI=1S/C7H15N3O.ClH/c1-5-4-6(2-3-9-5)7(11)10-8;/h5-6,9H,2-4,8H2,1H3,(H,10,11);1H/t5-,6-;/m0./s1. The van der Waals surface area contributed by atoms with Gasteiger partial charge in [0, 0.05) is 12.0 Å². The van der Waals surface area contributed by atoms with E-state index in [9.17, 15) is 4.79 Å². The minimum Gasteiger partial charge on any atom is -0.314 e. The van der Waals surface area contributed by atoms with Crippen LogP contribution in [0.4, 0.5) is 0 Å². The third-order valence-electron chi connectivity index (χ3n) is 2.14. The summed E-state index contributed by atoms with van der Waals surface area (Å²) < 4.78 is 0. The molecule has 4 N–H and O–H groups in total. The highest BCUT2D eigenvalue weighted by molar-refractivity contribution is 5.85. The van der Waals surface area contributed by atoms with Crippen LogP contribution in [0.1, 0.15) is 19.8 Å². The van der Waals surface area contributed by atoms with Crippen molar-refractivity contribution in [2.24, 2.45) is 11.8 Å². The summed E-state index contributed by atoms with van der Waals surface area (Å²) >= 11 is 0. The molecule has 0 unspecified atom stereocenters.